The van der Waals surface area contributed by atoms with Crippen molar-refractivity contribution >= 4 is 5.78 Å². The summed E-state index contributed by atoms with van der Waals surface area (Å²) in [6.07, 6.45) is 3.39. The van der Waals surface area contributed by atoms with E-state index in [9.17, 15) is 9.90 Å². The summed E-state index contributed by atoms with van der Waals surface area (Å²) in [5.74, 6) is 0.301. The number of aryl methyl sites for hydroxylation is 2. The summed E-state index contributed by atoms with van der Waals surface area (Å²) in [7, 11) is 0. The van der Waals surface area contributed by atoms with E-state index in [0.29, 0.717) is 12.2 Å². The molecule has 20 heavy (non-hydrogen) atoms. The van der Waals surface area contributed by atoms with E-state index in [0.717, 1.165) is 30.4 Å². The van der Waals surface area contributed by atoms with Crippen LogP contribution in [0.15, 0.2) is 48.5 Å². The average molecular weight is 266 g/mol. The number of hydrogen-bond acceptors (Lipinski definition) is 2. The van der Waals surface area contributed by atoms with Gasteiger partial charge in [0.15, 0.2) is 5.78 Å². The molecule has 2 aromatic carbocycles. The highest BCUT2D eigenvalue weighted by atomic mass is 16.3. The monoisotopic (exact) mass is 266 g/mol. The fourth-order valence-electron chi connectivity index (χ4n) is 2.93. The number of rotatable bonds is 0. The molecule has 2 aromatic rings. The minimum atomic E-state index is -0.198. The van der Waals surface area contributed by atoms with Crippen molar-refractivity contribution in [2.75, 3.05) is 0 Å². The topological polar surface area (TPSA) is 37.3 Å². The molecule has 2 aliphatic rings. The van der Waals surface area contributed by atoms with Crippen LogP contribution < -0.4 is 0 Å². The van der Waals surface area contributed by atoms with Gasteiger partial charge in [-0.15, -0.1) is 0 Å². The van der Waals surface area contributed by atoms with Gasteiger partial charge in [-0.3, -0.25) is 4.79 Å². The van der Waals surface area contributed by atoms with Gasteiger partial charge < -0.3 is 5.11 Å². The highest BCUT2D eigenvalue weighted by Gasteiger charge is 2.18. The Morgan fingerprint density at radius 2 is 1.55 bits per heavy atom. The van der Waals surface area contributed by atoms with Crippen LogP contribution in [0.5, 0.6) is 0 Å². The van der Waals surface area contributed by atoms with E-state index in [1.54, 1.807) is 0 Å². The van der Waals surface area contributed by atoms with Crippen molar-refractivity contribution < 1.29 is 9.90 Å². The summed E-state index contributed by atoms with van der Waals surface area (Å²) in [5, 5.41) is 9.38. The average Bonchev–Trinajstić information content (AvgIpc) is 3.05. The lowest BCUT2D eigenvalue weighted by molar-refractivity contribution is 0.0994. The van der Waals surface area contributed by atoms with Gasteiger partial charge in [0.2, 0.25) is 0 Å². The first-order chi connectivity index (χ1) is 9.75. The van der Waals surface area contributed by atoms with E-state index in [4.69, 9.17) is 0 Å². The Balaban J connectivity index is 0.000000121. The summed E-state index contributed by atoms with van der Waals surface area (Å²) in [6.45, 7) is 0. The first-order valence-corrected chi connectivity index (χ1v) is 7.12. The lowest BCUT2D eigenvalue weighted by atomic mass is 10.1. The normalized spacial score (nSPS) is 19.1. The molecule has 0 radical (unpaired) electrons. The molecule has 2 nitrogen and oxygen atoms in total. The van der Waals surface area contributed by atoms with Crippen molar-refractivity contribution in [1.29, 1.82) is 0 Å². The number of benzene rings is 2. The Morgan fingerprint density at radius 1 is 0.850 bits per heavy atom. The Bertz CT molecular complexity index is 631. The molecule has 102 valence electrons. The van der Waals surface area contributed by atoms with E-state index in [-0.39, 0.29) is 6.10 Å². The van der Waals surface area contributed by atoms with Crippen LogP contribution in [0.25, 0.3) is 0 Å². The maximum absolute atomic E-state index is 11.1. The molecule has 2 aliphatic carbocycles. The molecule has 0 aliphatic heterocycles. The number of carbonyl (C=O) groups excluding carboxylic acids is 1. The quantitative estimate of drug-likeness (QED) is 0.792. The number of carbonyl (C=O) groups is 1. The van der Waals surface area contributed by atoms with Crippen LogP contribution >= 0.6 is 0 Å². The Kier molecular flexibility index (Phi) is 3.66. The van der Waals surface area contributed by atoms with Crippen LogP contribution in [0.3, 0.4) is 0 Å². The number of hydrogen-bond donors (Lipinski definition) is 1. The van der Waals surface area contributed by atoms with Gasteiger partial charge in [0, 0.05) is 12.0 Å². The van der Waals surface area contributed by atoms with Crippen LogP contribution in [-0.2, 0) is 12.8 Å². The predicted molar refractivity (Wildman–Crippen MR) is 78.8 cm³/mol. The second-order valence-corrected chi connectivity index (χ2v) is 5.33. The summed E-state index contributed by atoms with van der Waals surface area (Å²) in [4.78, 5) is 11.1. The summed E-state index contributed by atoms with van der Waals surface area (Å²) < 4.78 is 0. The smallest absolute Gasteiger partial charge is 0.163 e. The largest absolute Gasteiger partial charge is 0.388 e. The Hall–Kier alpha value is -1.93. The molecule has 4 rings (SSSR count). The standard InChI is InChI=1S/C9H10O.C9H8O/c2*10-9-6-5-7-3-1-2-4-8(7)9/h1-4,9-10H,5-6H2;1-4H,5-6H2. The van der Waals surface area contributed by atoms with E-state index in [1.807, 2.05) is 42.5 Å². The number of ketones is 1. The molecule has 0 saturated heterocycles. The molecule has 0 saturated carbocycles. The number of Topliss-reactive ketones (excluding diaryl/α,β-unsaturated/α-hetero) is 1. The summed E-state index contributed by atoms with van der Waals surface area (Å²) in [6, 6.07) is 15.9. The maximum atomic E-state index is 11.1. The van der Waals surface area contributed by atoms with E-state index >= 15 is 0 Å². The summed E-state index contributed by atoms with van der Waals surface area (Å²) in [5.41, 5.74) is 4.59. The molecule has 0 fully saturated rings. The minimum absolute atomic E-state index is 0.198. The number of aliphatic hydroxyl groups excluding tert-OH is 1. The summed E-state index contributed by atoms with van der Waals surface area (Å²) >= 11 is 0. The van der Waals surface area contributed by atoms with Crippen molar-refractivity contribution in [2.24, 2.45) is 0 Å². The van der Waals surface area contributed by atoms with Crippen LogP contribution in [0.4, 0.5) is 0 Å². The van der Waals surface area contributed by atoms with Crippen molar-refractivity contribution in [1.82, 2.24) is 0 Å². The van der Waals surface area contributed by atoms with Gasteiger partial charge in [-0.2, -0.15) is 0 Å². The van der Waals surface area contributed by atoms with Crippen molar-refractivity contribution in [2.45, 2.75) is 31.8 Å². The first-order valence-electron chi connectivity index (χ1n) is 7.12. The zero-order valence-electron chi connectivity index (χ0n) is 11.4. The molecule has 1 atom stereocenters. The predicted octanol–water partition coefficient (Wildman–Crippen LogP) is 3.48. The number of fused-ring (bicyclic) bond motifs is 2. The molecule has 2 heteroatoms. The molecule has 0 bridgehead atoms. The second-order valence-electron chi connectivity index (χ2n) is 5.33. The third-order valence-electron chi connectivity index (χ3n) is 4.04. The zero-order valence-corrected chi connectivity index (χ0v) is 11.4. The van der Waals surface area contributed by atoms with Crippen LogP contribution in [0.2, 0.25) is 0 Å². The second kappa shape index (κ2) is 5.59. The fraction of sp³-hybridized carbons (Fsp3) is 0.278. The lowest BCUT2D eigenvalue weighted by Gasteiger charge is -2.00. The Morgan fingerprint density at radius 3 is 2.30 bits per heavy atom. The van der Waals surface area contributed by atoms with Gasteiger partial charge in [-0.25, -0.2) is 0 Å². The van der Waals surface area contributed by atoms with Gasteiger partial charge >= 0.3 is 0 Å². The highest BCUT2D eigenvalue weighted by Crippen LogP contribution is 2.29. The maximum Gasteiger partial charge on any atom is 0.163 e. The molecule has 0 heterocycles. The molecule has 0 amide bonds. The van der Waals surface area contributed by atoms with Gasteiger partial charge in [0.1, 0.15) is 0 Å². The third kappa shape index (κ3) is 2.52. The van der Waals surface area contributed by atoms with E-state index in [2.05, 4.69) is 6.07 Å². The lowest BCUT2D eigenvalue weighted by Crippen LogP contribution is -1.88. The van der Waals surface area contributed by atoms with E-state index in [1.165, 1.54) is 11.1 Å². The van der Waals surface area contributed by atoms with Gasteiger partial charge in [-0.05, 0) is 36.0 Å². The van der Waals surface area contributed by atoms with Crippen molar-refractivity contribution in [3.8, 4) is 0 Å². The van der Waals surface area contributed by atoms with Gasteiger partial charge in [0.25, 0.3) is 0 Å². The molecular weight excluding hydrogens is 248 g/mol. The molecule has 0 spiro atoms. The van der Waals surface area contributed by atoms with Crippen LogP contribution in [0.1, 0.15) is 46.0 Å². The third-order valence-corrected chi connectivity index (χ3v) is 4.04. The van der Waals surface area contributed by atoms with Crippen molar-refractivity contribution in [3.63, 3.8) is 0 Å². The molecule has 0 aromatic heterocycles. The Labute approximate surface area is 119 Å². The van der Waals surface area contributed by atoms with Gasteiger partial charge in [-0.1, -0.05) is 48.5 Å². The molecular formula is C18H18O2. The zero-order chi connectivity index (χ0) is 13.9. The minimum Gasteiger partial charge on any atom is -0.388 e. The highest BCUT2D eigenvalue weighted by molar-refractivity contribution is 6.00. The fourth-order valence-corrected chi connectivity index (χ4v) is 2.93. The van der Waals surface area contributed by atoms with Crippen LogP contribution in [-0.4, -0.2) is 10.9 Å². The number of aliphatic hydroxyl groups is 1. The van der Waals surface area contributed by atoms with Crippen molar-refractivity contribution in [3.05, 3.63) is 70.8 Å². The first kappa shape index (κ1) is 13.1. The van der Waals surface area contributed by atoms with Crippen LogP contribution in [0, 0.1) is 0 Å². The molecule has 1 unspecified atom stereocenters. The van der Waals surface area contributed by atoms with E-state index < -0.39 is 0 Å². The van der Waals surface area contributed by atoms with Gasteiger partial charge in [0.05, 0.1) is 6.10 Å². The molecule has 1 N–H and O–H groups in total. The SMILES string of the molecule is O=C1CCc2ccccc21.OC1CCc2ccccc21.